The van der Waals surface area contributed by atoms with Crippen molar-refractivity contribution in [1.29, 1.82) is 0 Å². The second-order valence-corrected chi connectivity index (χ2v) is 6.15. The van der Waals surface area contributed by atoms with Gasteiger partial charge in [0.25, 0.3) is 0 Å². The van der Waals surface area contributed by atoms with Gasteiger partial charge in [-0.05, 0) is 45.6 Å². The van der Waals surface area contributed by atoms with Gasteiger partial charge in [0.2, 0.25) is 0 Å². The first-order valence-electron chi connectivity index (χ1n) is 7.42. The summed E-state index contributed by atoms with van der Waals surface area (Å²) in [7, 11) is 0. The van der Waals surface area contributed by atoms with Crippen LogP contribution in [-0.2, 0) is 14.2 Å². The average Bonchev–Trinajstić information content (AvgIpc) is 3.28. The summed E-state index contributed by atoms with van der Waals surface area (Å²) in [6.45, 7) is 9.17. The molecule has 4 heteroatoms. The Morgan fingerprint density at radius 3 is 2.65 bits per heavy atom. The Morgan fingerprint density at radius 2 is 1.95 bits per heavy atom. The molecule has 0 radical (unpaired) electrons. The van der Waals surface area contributed by atoms with Crippen LogP contribution in [0, 0.1) is 0 Å². The Bertz CT molecular complexity index is 377. The first kappa shape index (κ1) is 15.7. The maximum absolute atomic E-state index is 8.87. The van der Waals surface area contributed by atoms with E-state index in [1.54, 1.807) is 6.08 Å². The molecule has 2 fully saturated rings. The van der Waals surface area contributed by atoms with Gasteiger partial charge in [-0.15, -0.1) is 5.73 Å². The molecule has 2 aliphatic heterocycles. The van der Waals surface area contributed by atoms with Crippen molar-refractivity contribution in [2.24, 2.45) is 0 Å². The first-order valence-corrected chi connectivity index (χ1v) is 7.42. The van der Waals surface area contributed by atoms with E-state index >= 15 is 0 Å². The highest BCUT2D eigenvalue weighted by molar-refractivity contribution is 5.04. The third-order valence-corrected chi connectivity index (χ3v) is 4.42. The van der Waals surface area contributed by atoms with E-state index in [9.17, 15) is 0 Å². The number of ether oxygens (including phenoxy) is 3. The minimum absolute atomic E-state index is 0.0191. The van der Waals surface area contributed by atoms with Crippen LogP contribution in [0.25, 0.3) is 0 Å². The van der Waals surface area contributed by atoms with E-state index in [0.29, 0.717) is 19.3 Å². The number of aliphatic hydroxyl groups is 1. The maximum atomic E-state index is 8.87. The van der Waals surface area contributed by atoms with Crippen LogP contribution in [0.4, 0.5) is 0 Å². The molecule has 0 bridgehead atoms. The molecule has 4 nitrogen and oxygen atoms in total. The lowest BCUT2D eigenvalue weighted by Crippen LogP contribution is -2.17. The van der Waals surface area contributed by atoms with E-state index in [4.69, 9.17) is 19.3 Å². The van der Waals surface area contributed by atoms with Crippen molar-refractivity contribution in [2.75, 3.05) is 19.8 Å². The SMILES string of the molecule is C=C=CCOC[C@H]1O[C@@]1(C)CC[C@@H]1O[C@@]1(C)CCCO. The largest absolute Gasteiger partial charge is 0.396 e. The van der Waals surface area contributed by atoms with Crippen LogP contribution in [0.15, 0.2) is 18.4 Å². The third-order valence-electron chi connectivity index (χ3n) is 4.42. The van der Waals surface area contributed by atoms with Crippen LogP contribution in [0.3, 0.4) is 0 Å². The molecule has 0 amide bonds. The number of aliphatic hydroxyl groups excluding tert-OH is 1. The molecule has 2 rings (SSSR count). The highest BCUT2D eigenvalue weighted by Gasteiger charge is 2.56. The second-order valence-electron chi connectivity index (χ2n) is 6.15. The van der Waals surface area contributed by atoms with Crippen molar-refractivity contribution in [1.82, 2.24) is 0 Å². The number of rotatable bonds is 10. The Hall–Kier alpha value is -0.640. The van der Waals surface area contributed by atoms with Gasteiger partial charge >= 0.3 is 0 Å². The molecule has 2 heterocycles. The molecular formula is C16H26O4. The second kappa shape index (κ2) is 6.42. The Labute approximate surface area is 121 Å². The summed E-state index contributed by atoms with van der Waals surface area (Å²) in [5.74, 6) is 0. The van der Waals surface area contributed by atoms with Crippen LogP contribution in [0.2, 0.25) is 0 Å². The molecule has 0 aliphatic carbocycles. The Balaban J connectivity index is 1.60. The molecule has 4 atom stereocenters. The number of hydrogen-bond acceptors (Lipinski definition) is 4. The van der Waals surface area contributed by atoms with E-state index in [1.165, 1.54) is 0 Å². The van der Waals surface area contributed by atoms with Gasteiger partial charge in [0.05, 0.1) is 30.5 Å². The highest BCUT2D eigenvalue weighted by Crippen LogP contribution is 2.47. The standard InChI is InChI=1S/C16H26O4/c1-4-5-11-18-12-14-16(3,20-14)9-7-13-15(2,19-13)8-6-10-17/h5,13-14,17H,1,6-12H2,2-3H3/t13-,14+,15-,16-/m0/s1. The predicted octanol–water partition coefficient (Wildman–Crippen LogP) is 2.21. The molecule has 0 aromatic heterocycles. The van der Waals surface area contributed by atoms with Gasteiger partial charge in [-0.2, -0.15) is 0 Å². The number of hydrogen-bond donors (Lipinski definition) is 1. The minimum atomic E-state index is -0.0538. The lowest BCUT2D eigenvalue weighted by Gasteiger charge is -2.07. The zero-order valence-corrected chi connectivity index (χ0v) is 12.6. The van der Waals surface area contributed by atoms with Crippen LogP contribution in [0.1, 0.15) is 39.5 Å². The van der Waals surface area contributed by atoms with E-state index in [2.05, 4.69) is 26.2 Å². The third kappa shape index (κ3) is 3.94. The van der Waals surface area contributed by atoms with Crippen LogP contribution >= 0.6 is 0 Å². The molecule has 114 valence electrons. The monoisotopic (exact) mass is 282 g/mol. The molecule has 20 heavy (non-hydrogen) atoms. The zero-order chi connectivity index (χ0) is 14.6. The predicted molar refractivity (Wildman–Crippen MR) is 76.6 cm³/mol. The fraction of sp³-hybridized carbons (Fsp3) is 0.812. The molecule has 2 saturated heterocycles. The topological polar surface area (TPSA) is 54.5 Å². The fourth-order valence-corrected chi connectivity index (χ4v) is 2.74. The van der Waals surface area contributed by atoms with Crippen molar-refractivity contribution in [3.63, 3.8) is 0 Å². The fourth-order valence-electron chi connectivity index (χ4n) is 2.74. The van der Waals surface area contributed by atoms with Crippen LogP contribution in [0.5, 0.6) is 0 Å². The summed E-state index contributed by atoms with van der Waals surface area (Å²) in [4.78, 5) is 0. The zero-order valence-electron chi connectivity index (χ0n) is 12.6. The molecule has 0 saturated carbocycles. The summed E-state index contributed by atoms with van der Waals surface area (Å²) in [6.07, 6.45) is 6.05. The molecule has 0 spiro atoms. The summed E-state index contributed by atoms with van der Waals surface area (Å²) in [5, 5.41) is 8.87. The average molecular weight is 282 g/mol. The van der Waals surface area contributed by atoms with E-state index in [-0.39, 0.29) is 23.9 Å². The van der Waals surface area contributed by atoms with E-state index in [0.717, 1.165) is 25.7 Å². The van der Waals surface area contributed by atoms with Crippen molar-refractivity contribution in [3.8, 4) is 0 Å². The van der Waals surface area contributed by atoms with Crippen molar-refractivity contribution in [3.05, 3.63) is 18.4 Å². The van der Waals surface area contributed by atoms with Gasteiger partial charge in [0.15, 0.2) is 0 Å². The van der Waals surface area contributed by atoms with Crippen LogP contribution < -0.4 is 0 Å². The van der Waals surface area contributed by atoms with E-state index < -0.39 is 0 Å². The first-order chi connectivity index (χ1) is 9.54. The van der Waals surface area contributed by atoms with Crippen molar-refractivity contribution < 1.29 is 19.3 Å². The van der Waals surface area contributed by atoms with Gasteiger partial charge < -0.3 is 19.3 Å². The van der Waals surface area contributed by atoms with E-state index in [1.807, 2.05) is 0 Å². The molecule has 0 aromatic rings. The summed E-state index contributed by atoms with van der Waals surface area (Å²) < 4.78 is 17.0. The van der Waals surface area contributed by atoms with Gasteiger partial charge in [-0.25, -0.2) is 0 Å². The Kier molecular flexibility index (Phi) is 5.05. The summed E-state index contributed by atoms with van der Waals surface area (Å²) in [6, 6.07) is 0. The highest BCUT2D eigenvalue weighted by atomic mass is 16.6. The quantitative estimate of drug-likeness (QED) is 0.379. The van der Waals surface area contributed by atoms with Gasteiger partial charge in [-0.3, -0.25) is 0 Å². The van der Waals surface area contributed by atoms with Crippen molar-refractivity contribution in [2.45, 2.75) is 62.9 Å². The summed E-state index contributed by atoms with van der Waals surface area (Å²) >= 11 is 0. The normalized spacial score (nSPS) is 38.4. The molecule has 0 unspecified atom stereocenters. The minimum Gasteiger partial charge on any atom is -0.396 e. The van der Waals surface area contributed by atoms with Gasteiger partial charge in [0.1, 0.15) is 6.10 Å². The Morgan fingerprint density at radius 1 is 1.25 bits per heavy atom. The van der Waals surface area contributed by atoms with Crippen molar-refractivity contribution >= 4 is 0 Å². The lowest BCUT2D eigenvalue weighted by atomic mass is 9.94. The molecule has 1 N–H and O–H groups in total. The van der Waals surface area contributed by atoms with Crippen LogP contribution in [-0.4, -0.2) is 48.3 Å². The van der Waals surface area contributed by atoms with Gasteiger partial charge in [-0.1, -0.05) is 6.58 Å². The smallest absolute Gasteiger partial charge is 0.110 e. The molecule has 2 aliphatic rings. The molecule has 0 aromatic carbocycles. The number of epoxide rings is 2. The van der Waals surface area contributed by atoms with Gasteiger partial charge in [0, 0.05) is 6.61 Å². The summed E-state index contributed by atoms with van der Waals surface area (Å²) in [5.41, 5.74) is 2.61. The maximum Gasteiger partial charge on any atom is 0.110 e. The molecular weight excluding hydrogens is 256 g/mol. The lowest BCUT2D eigenvalue weighted by molar-refractivity contribution is 0.140.